The third-order valence-corrected chi connectivity index (χ3v) is 7.16. The Labute approximate surface area is 211 Å². The van der Waals surface area contributed by atoms with Crippen molar-refractivity contribution in [2.75, 3.05) is 48.4 Å². The molecule has 36 heavy (non-hydrogen) atoms. The van der Waals surface area contributed by atoms with Gasteiger partial charge in [-0.1, -0.05) is 19.1 Å². The van der Waals surface area contributed by atoms with E-state index < -0.39 is 0 Å². The summed E-state index contributed by atoms with van der Waals surface area (Å²) < 4.78 is 5.45. The van der Waals surface area contributed by atoms with E-state index in [-0.39, 0.29) is 11.8 Å². The number of nitrogens with one attached hydrogen (secondary N) is 1. The highest BCUT2D eigenvalue weighted by Crippen LogP contribution is 2.29. The summed E-state index contributed by atoms with van der Waals surface area (Å²) in [5.41, 5.74) is 1.66. The second kappa shape index (κ2) is 10.9. The Morgan fingerprint density at radius 1 is 0.972 bits per heavy atom. The van der Waals surface area contributed by atoms with Crippen molar-refractivity contribution >= 4 is 23.4 Å². The van der Waals surface area contributed by atoms with Crippen LogP contribution in [0.1, 0.15) is 32.6 Å². The van der Waals surface area contributed by atoms with Crippen molar-refractivity contribution in [3.63, 3.8) is 0 Å². The minimum Gasteiger partial charge on any atom is -0.496 e. The van der Waals surface area contributed by atoms with Gasteiger partial charge in [0.05, 0.1) is 18.7 Å². The second-order valence-electron chi connectivity index (χ2n) is 9.68. The summed E-state index contributed by atoms with van der Waals surface area (Å²) >= 11 is 0. The lowest BCUT2D eigenvalue weighted by atomic mass is 9.97. The van der Waals surface area contributed by atoms with Gasteiger partial charge < -0.3 is 19.9 Å². The standard InChI is InChI=1S/C27H33N7O2/c1-19-11-14-33(15-12-19)26-16-24(28-18-29-26)30-27(35)20-6-5-13-34(17-20)25-10-9-22(31-32-25)21-7-3-4-8-23(21)36-2/h3-4,7-10,16,18-20H,5-6,11-15,17H2,1-2H3,(H,28,29,30,35). The molecule has 3 aromatic rings. The molecule has 5 rings (SSSR count). The van der Waals surface area contributed by atoms with Gasteiger partial charge in [0.15, 0.2) is 5.82 Å². The van der Waals surface area contributed by atoms with Gasteiger partial charge in [-0.25, -0.2) is 9.97 Å². The fourth-order valence-corrected chi connectivity index (χ4v) is 4.95. The summed E-state index contributed by atoms with van der Waals surface area (Å²) in [5.74, 6) is 3.55. The van der Waals surface area contributed by atoms with Crippen LogP contribution >= 0.6 is 0 Å². The maximum absolute atomic E-state index is 13.1. The van der Waals surface area contributed by atoms with Crippen LogP contribution in [0, 0.1) is 11.8 Å². The van der Waals surface area contributed by atoms with Gasteiger partial charge in [-0.15, -0.1) is 10.2 Å². The molecule has 1 unspecified atom stereocenters. The van der Waals surface area contributed by atoms with E-state index in [0.717, 1.165) is 79.9 Å². The minimum absolute atomic E-state index is 0.0183. The molecule has 2 aromatic heterocycles. The Kier molecular flexibility index (Phi) is 7.25. The van der Waals surface area contributed by atoms with Gasteiger partial charge in [0.25, 0.3) is 0 Å². The Hall–Kier alpha value is -3.75. The second-order valence-corrected chi connectivity index (χ2v) is 9.68. The van der Waals surface area contributed by atoms with Crippen LogP contribution in [0.15, 0.2) is 48.8 Å². The number of hydrogen-bond acceptors (Lipinski definition) is 8. The van der Waals surface area contributed by atoms with Crippen LogP contribution in [0.4, 0.5) is 17.5 Å². The summed E-state index contributed by atoms with van der Waals surface area (Å²) in [4.78, 5) is 26.3. The van der Waals surface area contributed by atoms with Crippen LogP contribution in [0.2, 0.25) is 0 Å². The van der Waals surface area contributed by atoms with Gasteiger partial charge in [-0.05, 0) is 55.9 Å². The maximum Gasteiger partial charge on any atom is 0.230 e. The van der Waals surface area contributed by atoms with Crippen molar-refractivity contribution in [3.8, 4) is 17.0 Å². The molecule has 2 aliphatic rings. The van der Waals surface area contributed by atoms with E-state index in [1.54, 1.807) is 7.11 Å². The Morgan fingerprint density at radius 3 is 2.58 bits per heavy atom. The number of rotatable bonds is 6. The number of carbonyl (C=O) groups is 1. The molecular weight excluding hydrogens is 454 g/mol. The van der Waals surface area contributed by atoms with Crippen molar-refractivity contribution in [3.05, 3.63) is 48.8 Å². The number of piperidine rings is 2. The summed E-state index contributed by atoms with van der Waals surface area (Å²) in [6.07, 6.45) is 5.60. The van der Waals surface area contributed by atoms with Gasteiger partial charge in [0.2, 0.25) is 5.91 Å². The summed E-state index contributed by atoms with van der Waals surface area (Å²) in [6, 6.07) is 13.6. The SMILES string of the molecule is COc1ccccc1-c1ccc(N2CCCC(C(=O)Nc3cc(N4CCC(C)CC4)ncn3)C2)nn1. The highest BCUT2D eigenvalue weighted by atomic mass is 16.5. The van der Waals surface area contributed by atoms with E-state index in [9.17, 15) is 4.79 Å². The smallest absolute Gasteiger partial charge is 0.230 e. The number of ether oxygens (including phenoxy) is 1. The van der Waals surface area contributed by atoms with Crippen LogP contribution in [-0.2, 0) is 4.79 Å². The van der Waals surface area contributed by atoms with Crippen LogP contribution < -0.4 is 19.9 Å². The number of aromatic nitrogens is 4. The zero-order chi connectivity index (χ0) is 24.9. The van der Waals surface area contributed by atoms with Crippen molar-refractivity contribution in [2.45, 2.75) is 32.6 Å². The molecule has 188 valence electrons. The monoisotopic (exact) mass is 487 g/mol. The molecule has 9 heteroatoms. The largest absolute Gasteiger partial charge is 0.496 e. The molecule has 1 N–H and O–H groups in total. The first kappa shape index (κ1) is 24.0. The van der Waals surface area contributed by atoms with Crippen LogP contribution in [0.5, 0.6) is 5.75 Å². The van der Waals surface area contributed by atoms with Crippen molar-refractivity contribution < 1.29 is 9.53 Å². The van der Waals surface area contributed by atoms with Gasteiger partial charge in [0, 0.05) is 37.8 Å². The molecule has 2 saturated heterocycles. The number of methoxy groups -OCH3 is 1. The number of anilines is 3. The van der Waals surface area contributed by atoms with E-state index in [4.69, 9.17) is 4.74 Å². The van der Waals surface area contributed by atoms with Gasteiger partial charge in [0.1, 0.15) is 23.7 Å². The Balaban J connectivity index is 1.22. The van der Waals surface area contributed by atoms with Gasteiger partial charge in [-0.2, -0.15) is 0 Å². The van der Waals surface area contributed by atoms with Gasteiger partial charge in [-0.3, -0.25) is 4.79 Å². The molecule has 0 bridgehead atoms. The molecular formula is C27H33N7O2. The van der Waals surface area contributed by atoms with E-state index in [1.807, 2.05) is 42.5 Å². The highest BCUT2D eigenvalue weighted by molar-refractivity contribution is 5.92. The lowest BCUT2D eigenvalue weighted by Gasteiger charge is -2.32. The first-order chi connectivity index (χ1) is 17.6. The maximum atomic E-state index is 13.1. The van der Waals surface area contributed by atoms with Crippen LogP contribution in [0.25, 0.3) is 11.3 Å². The molecule has 0 spiro atoms. The first-order valence-corrected chi connectivity index (χ1v) is 12.7. The average Bonchev–Trinajstić information content (AvgIpc) is 2.94. The quantitative estimate of drug-likeness (QED) is 0.557. The summed E-state index contributed by atoms with van der Waals surface area (Å²) in [7, 11) is 1.65. The fourth-order valence-electron chi connectivity index (χ4n) is 4.95. The molecule has 2 aliphatic heterocycles. The van der Waals surface area contributed by atoms with Crippen molar-refractivity contribution in [2.24, 2.45) is 11.8 Å². The molecule has 0 saturated carbocycles. The Morgan fingerprint density at radius 2 is 1.81 bits per heavy atom. The van der Waals surface area contributed by atoms with E-state index in [1.165, 1.54) is 6.33 Å². The lowest BCUT2D eigenvalue weighted by molar-refractivity contribution is -0.120. The number of para-hydroxylation sites is 1. The van der Waals surface area contributed by atoms with E-state index in [2.05, 4.69) is 42.2 Å². The molecule has 0 radical (unpaired) electrons. The molecule has 1 atom stereocenters. The molecule has 1 amide bonds. The molecule has 1 aromatic carbocycles. The summed E-state index contributed by atoms with van der Waals surface area (Å²) in [5, 5.41) is 11.9. The third-order valence-electron chi connectivity index (χ3n) is 7.16. The minimum atomic E-state index is -0.149. The molecule has 9 nitrogen and oxygen atoms in total. The van der Waals surface area contributed by atoms with Gasteiger partial charge >= 0.3 is 0 Å². The Bertz CT molecular complexity index is 1180. The number of hydrogen-bond donors (Lipinski definition) is 1. The number of amides is 1. The number of benzene rings is 1. The average molecular weight is 488 g/mol. The normalized spacial score (nSPS) is 18.7. The van der Waals surface area contributed by atoms with Crippen molar-refractivity contribution in [1.82, 2.24) is 20.2 Å². The molecule has 2 fully saturated rings. The number of carbonyl (C=O) groups excluding carboxylic acids is 1. The lowest BCUT2D eigenvalue weighted by Crippen LogP contribution is -2.41. The van der Waals surface area contributed by atoms with Crippen LogP contribution in [-0.4, -0.2) is 59.4 Å². The van der Waals surface area contributed by atoms with Crippen molar-refractivity contribution in [1.29, 1.82) is 0 Å². The van der Waals surface area contributed by atoms with E-state index >= 15 is 0 Å². The number of nitrogens with zero attached hydrogens (tertiary/aromatic N) is 6. The predicted molar refractivity (Wildman–Crippen MR) is 140 cm³/mol. The molecule has 0 aliphatic carbocycles. The predicted octanol–water partition coefficient (Wildman–Crippen LogP) is 4.03. The molecule has 4 heterocycles. The van der Waals surface area contributed by atoms with Crippen LogP contribution in [0.3, 0.4) is 0 Å². The fraction of sp³-hybridized carbons (Fsp3) is 0.444. The summed E-state index contributed by atoms with van der Waals surface area (Å²) in [6.45, 7) is 5.70. The zero-order valence-electron chi connectivity index (χ0n) is 20.9. The first-order valence-electron chi connectivity index (χ1n) is 12.7. The van der Waals surface area contributed by atoms with E-state index in [0.29, 0.717) is 12.4 Å². The zero-order valence-corrected chi connectivity index (χ0v) is 20.9. The third kappa shape index (κ3) is 5.40. The highest BCUT2D eigenvalue weighted by Gasteiger charge is 2.27. The topological polar surface area (TPSA) is 96.4 Å².